The average molecular weight is 371 g/mol. The molecule has 2 aromatic rings. The first-order valence-electron chi connectivity index (χ1n) is 8.66. The summed E-state index contributed by atoms with van der Waals surface area (Å²) in [6, 6.07) is 14.6. The van der Waals surface area contributed by atoms with E-state index in [1.807, 2.05) is 70.2 Å². The highest BCUT2D eigenvalue weighted by atomic mass is 35.5. The third-order valence-electron chi connectivity index (χ3n) is 4.06. The molecule has 5 heteroatoms. The lowest BCUT2D eigenvalue weighted by molar-refractivity contribution is -0.124. The number of fused-ring (bicyclic) bond motifs is 1. The van der Waals surface area contributed by atoms with Gasteiger partial charge in [-0.2, -0.15) is 0 Å². The van der Waals surface area contributed by atoms with Crippen molar-refractivity contribution in [3.63, 3.8) is 0 Å². The standard InChI is InChI=1S/C21H23ClN2O2/c1-13(26-21(2,3)4)18-20(25)23-17-11-10-15(22)12-16(17)19(24-18)14-8-6-5-7-9-14/h5-13,18H,1-4H3,(H,23,25)/t13-,18+/m1/s1. The lowest BCUT2D eigenvalue weighted by Crippen LogP contribution is -2.40. The van der Waals surface area contributed by atoms with Gasteiger partial charge in [0, 0.05) is 16.1 Å². The molecular weight excluding hydrogens is 348 g/mol. The Labute approximate surface area is 159 Å². The van der Waals surface area contributed by atoms with E-state index < -0.39 is 6.04 Å². The minimum absolute atomic E-state index is 0.184. The Morgan fingerprint density at radius 2 is 1.85 bits per heavy atom. The summed E-state index contributed by atoms with van der Waals surface area (Å²) in [5.41, 5.74) is 2.80. The SMILES string of the molecule is C[C@@H](OC(C)(C)C)[C@@H]1N=C(c2ccccc2)c2cc(Cl)ccc2NC1=O. The van der Waals surface area contributed by atoms with Gasteiger partial charge in [0.2, 0.25) is 0 Å². The molecule has 0 aliphatic carbocycles. The van der Waals surface area contributed by atoms with Crippen LogP contribution in [-0.4, -0.2) is 29.4 Å². The molecule has 0 bridgehead atoms. The minimum Gasteiger partial charge on any atom is -0.370 e. The van der Waals surface area contributed by atoms with Crippen molar-refractivity contribution in [2.75, 3.05) is 5.32 Å². The highest BCUT2D eigenvalue weighted by Crippen LogP contribution is 2.28. The number of hydrogen-bond acceptors (Lipinski definition) is 3. The molecule has 0 aromatic heterocycles. The maximum Gasteiger partial charge on any atom is 0.251 e. The molecule has 1 aliphatic rings. The van der Waals surface area contributed by atoms with Gasteiger partial charge in [0.15, 0.2) is 6.04 Å². The zero-order valence-corrected chi connectivity index (χ0v) is 16.2. The molecule has 4 nitrogen and oxygen atoms in total. The molecule has 0 saturated carbocycles. The molecule has 0 radical (unpaired) electrons. The molecule has 1 N–H and O–H groups in total. The third-order valence-corrected chi connectivity index (χ3v) is 4.30. The quantitative estimate of drug-likeness (QED) is 0.851. The molecule has 2 aromatic carbocycles. The van der Waals surface area contributed by atoms with Crippen LogP contribution in [0.15, 0.2) is 53.5 Å². The van der Waals surface area contributed by atoms with Gasteiger partial charge in [-0.05, 0) is 45.9 Å². The number of halogens is 1. The minimum atomic E-state index is -0.657. The van der Waals surface area contributed by atoms with Gasteiger partial charge in [-0.25, -0.2) is 0 Å². The molecule has 0 spiro atoms. The van der Waals surface area contributed by atoms with Gasteiger partial charge in [-0.1, -0.05) is 41.9 Å². The number of benzene rings is 2. The van der Waals surface area contributed by atoms with E-state index in [1.165, 1.54) is 0 Å². The number of amides is 1. The zero-order chi connectivity index (χ0) is 18.9. The fraction of sp³-hybridized carbons (Fsp3) is 0.333. The number of ether oxygens (including phenoxy) is 1. The summed E-state index contributed by atoms with van der Waals surface area (Å²) < 4.78 is 6.02. The van der Waals surface area contributed by atoms with Crippen LogP contribution in [0.25, 0.3) is 0 Å². The van der Waals surface area contributed by atoms with E-state index in [0.29, 0.717) is 10.7 Å². The number of nitrogens with zero attached hydrogens (tertiary/aromatic N) is 1. The second-order valence-corrected chi connectivity index (χ2v) is 7.84. The van der Waals surface area contributed by atoms with Gasteiger partial charge in [-0.3, -0.25) is 9.79 Å². The predicted molar refractivity (Wildman–Crippen MR) is 106 cm³/mol. The van der Waals surface area contributed by atoms with E-state index in [9.17, 15) is 4.79 Å². The van der Waals surface area contributed by atoms with Crippen molar-refractivity contribution in [1.29, 1.82) is 0 Å². The molecule has 0 unspecified atom stereocenters. The summed E-state index contributed by atoms with van der Waals surface area (Å²) in [4.78, 5) is 17.6. The lowest BCUT2D eigenvalue weighted by Gasteiger charge is -2.28. The highest BCUT2D eigenvalue weighted by Gasteiger charge is 2.32. The van der Waals surface area contributed by atoms with Crippen molar-refractivity contribution in [2.24, 2.45) is 4.99 Å². The van der Waals surface area contributed by atoms with Crippen LogP contribution < -0.4 is 5.32 Å². The van der Waals surface area contributed by atoms with Crippen LogP contribution in [0.1, 0.15) is 38.8 Å². The van der Waals surface area contributed by atoms with Gasteiger partial charge in [-0.15, -0.1) is 0 Å². The number of carbonyl (C=O) groups is 1. The van der Waals surface area contributed by atoms with Gasteiger partial charge >= 0.3 is 0 Å². The van der Waals surface area contributed by atoms with Crippen molar-refractivity contribution in [1.82, 2.24) is 0 Å². The number of rotatable bonds is 3. The van der Waals surface area contributed by atoms with E-state index in [4.69, 9.17) is 21.3 Å². The number of hydrogen-bond donors (Lipinski definition) is 1. The number of benzodiazepines with no additional fused rings is 1. The zero-order valence-electron chi connectivity index (χ0n) is 15.4. The molecule has 1 aliphatic heterocycles. The normalized spacial score (nSPS) is 18.4. The maximum absolute atomic E-state index is 12.8. The van der Waals surface area contributed by atoms with Crippen molar-refractivity contribution in [3.8, 4) is 0 Å². The first-order chi connectivity index (χ1) is 12.2. The van der Waals surface area contributed by atoms with Crippen LogP contribution in [0.4, 0.5) is 5.69 Å². The van der Waals surface area contributed by atoms with Crippen LogP contribution in [0.2, 0.25) is 5.02 Å². The van der Waals surface area contributed by atoms with Crippen molar-refractivity contribution in [3.05, 3.63) is 64.7 Å². The van der Waals surface area contributed by atoms with E-state index in [1.54, 1.807) is 6.07 Å². The Morgan fingerprint density at radius 3 is 2.50 bits per heavy atom. The fourth-order valence-electron chi connectivity index (χ4n) is 3.06. The van der Waals surface area contributed by atoms with Gasteiger partial charge in [0.1, 0.15) is 0 Å². The molecule has 1 heterocycles. The van der Waals surface area contributed by atoms with E-state index >= 15 is 0 Å². The predicted octanol–water partition coefficient (Wildman–Crippen LogP) is 4.70. The van der Waals surface area contributed by atoms with Gasteiger partial charge in [0.05, 0.1) is 23.1 Å². The number of carbonyl (C=O) groups excluding carboxylic acids is 1. The molecule has 0 saturated heterocycles. The molecule has 26 heavy (non-hydrogen) atoms. The summed E-state index contributed by atoms with van der Waals surface area (Å²) in [6.45, 7) is 7.78. The molecule has 136 valence electrons. The smallest absolute Gasteiger partial charge is 0.251 e. The molecule has 0 fully saturated rings. The van der Waals surface area contributed by atoms with Crippen LogP contribution in [-0.2, 0) is 9.53 Å². The first kappa shape index (κ1) is 18.6. The molecule has 3 rings (SSSR count). The number of anilines is 1. The number of nitrogens with one attached hydrogen (secondary N) is 1. The van der Waals surface area contributed by atoms with Crippen molar-refractivity contribution in [2.45, 2.75) is 45.4 Å². The van der Waals surface area contributed by atoms with E-state index in [0.717, 1.165) is 16.8 Å². The highest BCUT2D eigenvalue weighted by molar-refractivity contribution is 6.32. The Kier molecular flexibility index (Phi) is 5.17. The molecule has 2 atom stereocenters. The molecule has 1 amide bonds. The Balaban J connectivity index is 2.12. The first-order valence-corrected chi connectivity index (χ1v) is 9.04. The van der Waals surface area contributed by atoms with Crippen molar-refractivity contribution >= 4 is 28.9 Å². The van der Waals surface area contributed by atoms with E-state index in [2.05, 4.69) is 5.32 Å². The van der Waals surface area contributed by atoms with E-state index in [-0.39, 0.29) is 17.6 Å². The van der Waals surface area contributed by atoms with Crippen molar-refractivity contribution < 1.29 is 9.53 Å². The van der Waals surface area contributed by atoms with Crippen LogP contribution in [0, 0.1) is 0 Å². The summed E-state index contributed by atoms with van der Waals surface area (Å²) in [5.74, 6) is -0.184. The maximum atomic E-state index is 12.8. The van der Waals surface area contributed by atoms with Crippen LogP contribution >= 0.6 is 11.6 Å². The Bertz CT molecular complexity index is 841. The monoisotopic (exact) mass is 370 g/mol. The second kappa shape index (κ2) is 7.22. The Morgan fingerprint density at radius 1 is 1.15 bits per heavy atom. The number of aliphatic imine (C=N–C) groups is 1. The summed E-state index contributed by atoms with van der Waals surface area (Å²) >= 11 is 6.21. The van der Waals surface area contributed by atoms with Gasteiger partial charge in [0.25, 0.3) is 5.91 Å². The molecular formula is C21H23ClN2O2. The topological polar surface area (TPSA) is 50.7 Å². The fourth-order valence-corrected chi connectivity index (χ4v) is 3.23. The summed E-state index contributed by atoms with van der Waals surface area (Å²) in [5, 5.41) is 3.57. The third kappa shape index (κ3) is 4.14. The lowest BCUT2D eigenvalue weighted by atomic mass is 10.0. The average Bonchev–Trinajstić information content (AvgIpc) is 2.70. The van der Waals surface area contributed by atoms with Crippen LogP contribution in [0.3, 0.4) is 0 Å². The van der Waals surface area contributed by atoms with Gasteiger partial charge < -0.3 is 10.1 Å². The van der Waals surface area contributed by atoms with Crippen LogP contribution in [0.5, 0.6) is 0 Å². The second-order valence-electron chi connectivity index (χ2n) is 7.40. The Hall–Kier alpha value is -2.17. The largest absolute Gasteiger partial charge is 0.370 e. The summed E-state index contributed by atoms with van der Waals surface area (Å²) in [6.07, 6.45) is -0.376. The summed E-state index contributed by atoms with van der Waals surface area (Å²) in [7, 11) is 0.